The Kier molecular flexibility index (Phi) is 4.17. The summed E-state index contributed by atoms with van der Waals surface area (Å²) in [5.41, 5.74) is 2.18. The van der Waals surface area contributed by atoms with E-state index < -0.39 is 10.1 Å². The van der Waals surface area contributed by atoms with Crippen molar-refractivity contribution < 1.29 is 13.0 Å². The number of pyridine rings is 1. The third-order valence-corrected chi connectivity index (χ3v) is 3.87. The Morgan fingerprint density at radius 1 is 1.21 bits per heavy atom. The minimum Gasteiger partial charge on any atom is -0.286 e. The average Bonchev–Trinajstić information content (AvgIpc) is 2.33. The first-order chi connectivity index (χ1) is 8.96. The van der Waals surface area contributed by atoms with Gasteiger partial charge in [0.2, 0.25) is 0 Å². The molecule has 2 aromatic rings. The van der Waals surface area contributed by atoms with E-state index >= 15 is 0 Å². The topological polar surface area (TPSA) is 67.3 Å². The van der Waals surface area contributed by atoms with Gasteiger partial charge in [0.15, 0.2) is 0 Å². The fourth-order valence-electron chi connectivity index (χ4n) is 2.14. The second kappa shape index (κ2) is 5.67. The predicted molar refractivity (Wildman–Crippen MR) is 75.8 cm³/mol. The van der Waals surface area contributed by atoms with Crippen molar-refractivity contribution in [2.24, 2.45) is 0 Å². The van der Waals surface area contributed by atoms with Gasteiger partial charge in [-0.25, -0.2) is 0 Å². The highest BCUT2D eigenvalue weighted by molar-refractivity contribution is 7.85. The average molecular weight is 279 g/mol. The summed E-state index contributed by atoms with van der Waals surface area (Å²) >= 11 is 0. The Balaban J connectivity index is 2.09. The van der Waals surface area contributed by atoms with Gasteiger partial charge in [0.05, 0.1) is 5.75 Å². The zero-order valence-corrected chi connectivity index (χ0v) is 11.7. The van der Waals surface area contributed by atoms with Crippen LogP contribution in [-0.4, -0.2) is 23.7 Å². The summed E-state index contributed by atoms with van der Waals surface area (Å²) in [5.74, 6) is -0.184. The fraction of sp³-hybridized carbons (Fsp3) is 0.357. The van der Waals surface area contributed by atoms with E-state index in [4.69, 9.17) is 4.55 Å². The molecule has 2 rings (SSSR count). The number of nitrogens with zero attached hydrogens (tertiary/aromatic N) is 1. The first-order valence-electron chi connectivity index (χ1n) is 6.25. The lowest BCUT2D eigenvalue weighted by molar-refractivity contribution is 0.480. The van der Waals surface area contributed by atoms with Crippen molar-refractivity contribution in [1.82, 2.24) is 4.98 Å². The summed E-state index contributed by atoms with van der Waals surface area (Å²) in [6.45, 7) is 2.05. The highest BCUT2D eigenvalue weighted by Crippen LogP contribution is 2.19. The quantitative estimate of drug-likeness (QED) is 0.675. The predicted octanol–water partition coefficient (Wildman–Crippen LogP) is 2.75. The lowest BCUT2D eigenvalue weighted by Gasteiger charge is -2.06. The minimum absolute atomic E-state index is 0.184. The Morgan fingerprint density at radius 3 is 2.74 bits per heavy atom. The van der Waals surface area contributed by atoms with Crippen LogP contribution in [0, 0.1) is 6.92 Å². The first kappa shape index (κ1) is 14.0. The summed E-state index contributed by atoms with van der Waals surface area (Å²) in [6.07, 6.45) is 3.64. The van der Waals surface area contributed by atoms with Crippen LogP contribution in [0.4, 0.5) is 0 Å². The van der Waals surface area contributed by atoms with Crippen LogP contribution in [0.3, 0.4) is 0 Å². The van der Waals surface area contributed by atoms with Crippen LogP contribution in [0.5, 0.6) is 0 Å². The summed E-state index contributed by atoms with van der Waals surface area (Å²) < 4.78 is 29.9. The molecule has 0 atom stereocenters. The molecular formula is C14H17NO3S. The molecule has 0 radical (unpaired) electrons. The second-order valence-electron chi connectivity index (χ2n) is 4.73. The molecule has 0 fully saturated rings. The summed E-state index contributed by atoms with van der Waals surface area (Å²) in [7, 11) is -3.85. The molecule has 1 aromatic carbocycles. The standard InChI is InChI=1S/C14H17NO3S/c1-11-5-6-13-12(10-11)7-8-15-14(13)4-2-3-9-19(16,17)18/h5-8,10H,2-4,9H2,1H3,(H,16,17,18). The maximum atomic E-state index is 10.6. The van der Waals surface area contributed by atoms with Gasteiger partial charge < -0.3 is 0 Å². The van der Waals surface area contributed by atoms with Crippen LogP contribution < -0.4 is 0 Å². The van der Waals surface area contributed by atoms with Gasteiger partial charge >= 0.3 is 0 Å². The van der Waals surface area contributed by atoms with Gasteiger partial charge in [0, 0.05) is 17.3 Å². The van der Waals surface area contributed by atoms with Gasteiger partial charge in [-0.1, -0.05) is 23.8 Å². The van der Waals surface area contributed by atoms with E-state index in [0.29, 0.717) is 12.8 Å². The SMILES string of the molecule is Cc1ccc2c(CCCCS(=O)(=O)O)nccc2c1. The van der Waals surface area contributed by atoms with E-state index in [9.17, 15) is 8.42 Å². The van der Waals surface area contributed by atoms with Crippen molar-refractivity contribution >= 4 is 20.9 Å². The van der Waals surface area contributed by atoms with E-state index in [1.165, 1.54) is 5.56 Å². The molecule has 19 heavy (non-hydrogen) atoms. The molecule has 0 aliphatic heterocycles. The molecule has 1 heterocycles. The fourth-order valence-corrected chi connectivity index (χ4v) is 2.70. The Morgan fingerprint density at radius 2 is 2.00 bits per heavy atom. The summed E-state index contributed by atoms with van der Waals surface area (Å²) in [5, 5.41) is 2.26. The molecule has 0 bridgehead atoms. The van der Waals surface area contributed by atoms with E-state index in [-0.39, 0.29) is 5.75 Å². The lowest BCUT2D eigenvalue weighted by atomic mass is 10.0. The molecule has 1 N–H and O–H groups in total. The van der Waals surface area contributed by atoms with Gasteiger partial charge in [0.25, 0.3) is 10.1 Å². The lowest BCUT2D eigenvalue weighted by Crippen LogP contribution is -2.04. The molecule has 4 nitrogen and oxygen atoms in total. The molecule has 0 saturated heterocycles. The van der Waals surface area contributed by atoms with E-state index in [1.54, 1.807) is 6.20 Å². The summed E-state index contributed by atoms with van der Waals surface area (Å²) in [6, 6.07) is 8.18. The number of fused-ring (bicyclic) bond motifs is 1. The first-order valence-corrected chi connectivity index (χ1v) is 7.86. The monoisotopic (exact) mass is 279 g/mol. The smallest absolute Gasteiger partial charge is 0.264 e. The van der Waals surface area contributed by atoms with Crippen molar-refractivity contribution in [2.75, 3.05) is 5.75 Å². The highest BCUT2D eigenvalue weighted by atomic mass is 32.2. The molecule has 0 spiro atoms. The van der Waals surface area contributed by atoms with Gasteiger partial charge in [-0.2, -0.15) is 8.42 Å². The van der Waals surface area contributed by atoms with Crippen molar-refractivity contribution in [3.63, 3.8) is 0 Å². The van der Waals surface area contributed by atoms with Gasteiger partial charge in [-0.3, -0.25) is 9.54 Å². The zero-order valence-electron chi connectivity index (χ0n) is 10.8. The number of rotatable bonds is 5. The highest BCUT2D eigenvalue weighted by Gasteiger charge is 2.06. The van der Waals surface area contributed by atoms with Crippen molar-refractivity contribution in [3.8, 4) is 0 Å². The zero-order chi connectivity index (χ0) is 13.9. The molecular weight excluding hydrogens is 262 g/mol. The molecule has 0 amide bonds. The Labute approximate surface area is 113 Å². The third kappa shape index (κ3) is 4.01. The molecule has 102 valence electrons. The Bertz CT molecular complexity index is 680. The maximum Gasteiger partial charge on any atom is 0.264 e. The second-order valence-corrected chi connectivity index (χ2v) is 6.30. The maximum absolute atomic E-state index is 10.6. The Hall–Kier alpha value is -1.46. The van der Waals surface area contributed by atoms with Gasteiger partial charge in [-0.05, 0) is 37.6 Å². The molecule has 0 aliphatic rings. The van der Waals surface area contributed by atoms with Crippen LogP contribution in [0.25, 0.3) is 10.8 Å². The van der Waals surface area contributed by atoms with Crippen LogP contribution >= 0.6 is 0 Å². The molecule has 0 saturated carbocycles. The molecule has 0 aliphatic carbocycles. The van der Waals surface area contributed by atoms with Crippen LogP contribution in [-0.2, 0) is 16.5 Å². The van der Waals surface area contributed by atoms with Crippen LogP contribution in [0.1, 0.15) is 24.1 Å². The number of unbranched alkanes of at least 4 members (excludes halogenated alkanes) is 1. The van der Waals surface area contributed by atoms with Crippen molar-refractivity contribution in [2.45, 2.75) is 26.2 Å². The number of benzene rings is 1. The van der Waals surface area contributed by atoms with Crippen molar-refractivity contribution in [3.05, 3.63) is 41.7 Å². The summed E-state index contributed by atoms with van der Waals surface area (Å²) in [4.78, 5) is 4.36. The molecule has 5 heteroatoms. The van der Waals surface area contributed by atoms with Gasteiger partial charge in [0.1, 0.15) is 0 Å². The van der Waals surface area contributed by atoms with Crippen LogP contribution in [0.15, 0.2) is 30.5 Å². The van der Waals surface area contributed by atoms with Gasteiger partial charge in [-0.15, -0.1) is 0 Å². The normalized spacial score (nSPS) is 11.9. The minimum atomic E-state index is -3.85. The number of hydrogen-bond donors (Lipinski definition) is 1. The van der Waals surface area contributed by atoms with Crippen LogP contribution in [0.2, 0.25) is 0 Å². The number of aromatic nitrogens is 1. The molecule has 1 aromatic heterocycles. The van der Waals surface area contributed by atoms with E-state index in [2.05, 4.69) is 17.1 Å². The molecule has 0 unspecified atom stereocenters. The largest absolute Gasteiger partial charge is 0.286 e. The van der Waals surface area contributed by atoms with Crippen molar-refractivity contribution in [1.29, 1.82) is 0 Å². The van der Waals surface area contributed by atoms with E-state index in [1.807, 2.05) is 19.1 Å². The third-order valence-electron chi connectivity index (χ3n) is 3.07. The van der Waals surface area contributed by atoms with E-state index in [0.717, 1.165) is 22.9 Å². The number of aryl methyl sites for hydroxylation is 2. The number of hydrogen-bond acceptors (Lipinski definition) is 3.